The fraction of sp³-hybridized carbons (Fsp3) is 0. The molecule has 0 saturated heterocycles. The minimum absolute atomic E-state index is 1.15. The van der Waals surface area contributed by atoms with Gasteiger partial charge in [-0.05, 0) is 89.5 Å². The summed E-state index contributed by atoms with van der Waals surface area (Å²) in [5, 5.41) is 7.52. The second kappa shape index (κ2) is 12.5. The van der Waals surface area contributed by atoms with Crippen molar-refractivity contribution < 1.29 is 0 Å². The topological polar surface area (TPSA) is 14.8 Å². The Hall–Kier alpha value is -7.62. The van der Waals surface area contributed by atoms with Gasteiger partial charge in [-0.2, -0.15) is 0 Å². The van der Waals surface area contributed by atoms with E-state index >= 15 is 0 Å². The first-order chi connectivity index (χ1) is 28.3. The Labute approximate surface area is 329 Å². The molecular formula is C54H35N3. The maximum atomic E-state index is 2.51. The number of aromatic nitrogens is 3. The molecule has 0 N–H and O–H groups in total. The molecule has 12 rings (SSSR count). The Balaban J connectivity index is 1.22. The molecule has 3 heteroatoms. The molecular weight excluding hydrogens is 691 g/mol. The molecule has 3 nitrogen and oxygen atoms in total. The van der Waals surface area contributed by atoms with Crippen molar-refractivity contribution >= 4 is 65.4 Å². The summed E-state index contributed by atoms with van der Waals surface area (Å²) in [5.41, 5.74) is 15.4. The molecule has 0 spiro atoms. The van der Waals surface area contributed by atoms with Gasteiger partial charge in [-0.15, -0.1) is 0 Å². The summed E-state index contributed by atoms with van der Waals surface area (Å²) in [4.78, 5) is 0. The zero-order chi connectivity index (χ0) is 37.5. The van der Waals surface area contributed by atoms with Gasteiger partial charge in [0.15, 0.2) is 0 Å². The molecule has 0 bridgehead atoms. The zero-order valence-electron chi connectivity index (χ0n) is 31.0. The maximum absolute atomic E-state index is 2.51. The molecule has 0 atom stereocenters. The number of fused-ring (bicyclic) bond motifs is 10. The quantitative estimate of drug-likeness (QED) is 0.168. The summed E-state index contributed by atoms with van der Waals surface area (Å²) in [6.07, 6.45) is 0. The highest BCUT2D eigenvalue weighted by atomic mass is 15.0. The first-order valence-corrected chi connectivity index (χ1v) is 19.6. The monoisotopic (exact) mass is 725 g/mol. The van der Waals surface area contributed by atoms with Gasteiger partial charge in [0.1, 0.15) is 0 Å². The van der Waals surface area contributed by atoms with Gasteiger partial charge in [-0.25, -0.2) is 0 Å². The second-order valence-corrected chi connectivity index (χ2v) is 14.9. The van der Waals surface area contributed by atoms with Crippen molar-refractivity contribution in [3.05, 3.63) is 212 Å². The summed E-state index contributed by atoms with van der Waals surface area (Å²) < 4.78 is 7.34. The van der Waals surface area contributed by atoms with Crippen LogP contribution in [0.1, 0.15) is 0 Å². The SMILES string of the molecule is c1ccc(-c2ccc(-n3c4ccccc4c4c5c6ccccc6n(-c6ccccc6)c5ccc43)c(-c3cccc4c3c3ccccc3n4-c3ccccc3)c2)cc1. The molecule has 0 radical (unpaired) electrons. The van der Waals surface area contributed by atoms with Crippen molar-refractivity contribution in [2.45, 2.75) is 0 Å². The smallest absolute Gasteiger partial charge is 0.0549 e. The summed E-state index contributed by atoms with van der Waals surface area (Å²) in [6, 6.07) is 77.4. The first-order valence-electron chi connectivity index (χ1n) is 19.6. The maximum Gasteiger partial charge on any atom is 0.0549 e. The number of nitrogens with zero attached hydrogens (tertiary/aromatic N) is 3. The van der Waals surface area contributed by atoms with Crippen LogP contribution in [0.2, 0.25) is 0 Å². The minimum Gasteiger partial charge on any atom is -0.309 e. The van der Waals surface area contributed by atoms with E-state index in [-0.39, 0.29) is 0 Å². The van der Waals surface area contributed by atoms with Crippen LogP contribution in [0.25, 0.3) is 105 Å². The summed E-state index contributed by atoms with van der Waals surface area (Å²) in [7, 11) is 0. The van der Waals surface area contributed by atoms with Crippen molar-refractivity contribution in [3.8, 4) is 39.3 Å². The fourth-order valence-electron chi connectivity index (χ4n) is 9.49. The molecule has 9 aromatic carbocycles. The van der Waals surface area contributed by atoms with Crippen LogP contribution in [0.4, 0.5) is 0 Å². The average Bonchev–Trinajstić information content (AvgIpc) is 3.93. The molecule has 57 heavy (non-hydrogen) atoms. The molecule has 12 aromatic rings. The standard InChI is InChI=1S/C54H35N3/c1-4-17-36(18-5-1)37-31-32-48(44(35-37)40-26-16-30-49-52(40)41-23-10-13-27-45(41)55(49)38-19-6-2-7-20-38)57-47-29-15-12-25-43(47)54-51(57)34-33-50-53(54)42-24-11-14-28-46(42)56(50)39-21-8-3-9-22-39/h1-35H. The molecule has 0 aliphatic heterocycles. The third kappa shape index (κ3) is 4.66. The highest BCUT2D eigenvalue weighted by Crippen LogP contribution is 2.46. The molecule has 0 fully saturated rings. The van der Waals surface area contributed by atoms with Crippen LogP contribution in [0.3, 0.4) is 0 Å². The average molecular weight is 726 g/mol. The Morgan fingerprint density at radius 1 is 0.246 bits per heavy atom. The van der Waals surface area contributed by atoms with Crippen LogP contribution in [-0.2, 0) is 0 Å². The van der Waals surface area contributed by atoms with E-state index in [2.05, 4.69) is 226 Å². The lowest BCUT2D eigenvalue weighted by Crippen LogP contribution is -1.99. The summed E-state index contributed by atoms with van der Waals surface area (Å²) in [5.74, 6) is 0. The van der Waals surface area contributed by atoms with E-state index in [0.29, 0.717) is 0 Å². The zero-order valence-corrected chi connectivity index (χ0v) is 31.0. The van der Waals surface area contributed by atoms with Crippen LogP contribution in [0.5, 0.6) is 0 Å². The van der Waals surface area contributed by atoms with Crippen molar-refractivity contribution in [1.29, 1.82) is 0 Å². The number of rotatable bonds is 5. The van der Waals surface area contributed by atoms with E-state index in [9.17, 15) is 0 Å². The predicted molar refractivity (Wildman–Crippen MR) is 240 cm³/mol. The molecule has 3 heterocycles. The molecule has 0 amide bonds. The third-order valence-electron chi connectivity index (χ3n) is 11.8. The van der Waals surface area contributed by atoms with Gasteiger partial charge in [0.25, 0.3) is 0 Å². The largest absolute Gasteiger partial charge is 0.309 e. The highest BCUT2D eigenvalue weighted by Gasteiger charge is 2.24. The predicted octanol–water partition coefficient (Wildman–Crippen LogP) is 14.3. The van der Waals surface area contributed by atoms with Gasteiger partial charge in [0, 0.05) is 49.3 Å². The van der Waals surface area contributed by atoms with Crippen LogP contribution in [0.15, 0.2) is 212 Å². The fourth-order valence-corrected chi connectivity index (χ4v) is 9.49. The van der Waals surface area contributed by atoms with E-state index in [1.807, 2.05) is 0 Å². The Morgan fingerprint density at radius 2 is 0.684 bits per heavy atom. The van der Waals surface area contributed by atoms with Gasteiger partial charge >= 0.3 is 0 Å². The van der Waals surface area contributed by atoms with E-state index in [1.54, 1.807) is 0 Å². The van der Waals surface area contributed by atoms with Crippen LogP contribution in [-0.4, -0.2) is 13.7 Å². The molecule has 266 valence electrons. The Morgan fingerprint density at radius 3 is 1.26 bits per heavy atom. The van der Waals surface area contributed by atoms with E-state index < -0.39 is 0 Å². The first kappa shape index (κ1) is 31.7. The van der Waals surface area contributed by atoms with Crippen molar-refractivity contribution in [2.75, 3.05) is 0 Å². The summed E-state index contributed by atoms with van der Waals surface area (Å²) >= 11 is 0. The third-order valence-corrected chi connectivity index (χ3v) is 11.8. The van der Waals surface area contributed by atoms with E-state index in [4.69, 9.17) is 0 Å². The van der Waals surface area contributed by atoms with Gasteiger partial charge in [-0.1, -0.05) is 140 Å². The van der Waals surface area contributed by atoms with Gasteiger partial charge in [0.2, 0.25) is 0 Å². The van der Waals surface area contributed by atoms with Gasteiger partial charge < -0.3 is 13.7 Å². The number of benzene rings is 9. The van der Waals surface area contributed by atoms with Crippen LogP contribution >= 0.6 is 0 Å². The number of hydrogen-bond donors (Lipinski definition) is 0. The minimum atomic E-state index is 1.15. The Kier molecular flexibility index (Phi) is 6.93. The number of para-hydroxylation sites is 5. The lowest BCUT2D eigenvalue weighted by Gasteiger charge is -2.17. The highest BCUT2D eigenvalue weighted by molar-refractivity contribution is 6.29. The second-order valence-electron chi connectivity index (χ2n) is 14.9. The van der Waals surface area contributed by atoms with Crippen molar-refractivity contribution in [1.82, 2.24) is 13.7 Å². The molecule has 0 aliphatic carbocycles. The molecule has 0 aliphatic rings. The lowest BCUT2D eigenvalue weighted by atomic mass is 9.94. The Bertz CT molecular complexity index is 3500. The van der Waals surface area contributed by atoms with Gasteiger partial charge in [-0.3, -0.25) is 0 Å². The molecule has 3 aromatic heterocycles. The van der Waals surface area contributed by atoms with Crippen molar-refractivity contribution in [3.63, 3.8) is 0 Å². The number of hydrogen-bond acceptors (Lipinski definition) is 0. The van der Waals surface area contributed by atoms with Crippen LogP contribution in [0, 0.1) is 0 Å². The van der Waals surface area contributed by atoms with Gasteiger partial charge in [0.05, 0.1) is 38.8 Å². The van der Waals surface area contributed by atoms with E-state index in [1.165, 1.54) is 87.7 Å². The summed E-state index contributed by atoms with van der Waals surface area (Å²) in [6.45, 7) is 0. The van der Waals surface area contributed by atoms with E-state index in [0.717, 1.165) is 17.1 Å². The molecule has 0 saturated carbocycles. The normalized spacial score (nSPS) is 11.9. The van der Waals surface area contributed by atoms with Crippen LogP contribution < -0.4 is 0 Å². The molecule has 0 unspecified atom stereocenters. The lowest BCUT2D eigenvalue weighted by molar-refractivity contribution is 1.17. The van der Waals surface area contributed by atoms with Crippen molar-refractivity contribution in [2.24, 2.45) is 0 Å².